The molecule has 16 heavy (non-hydrogen) atoms. The number of hydrogen-bond acceptors (Lipinski definition) is 6. The molecular formula is C8H14F2N4O2. The molecule has 0 saturated carbocycles. The predicted molar refractivity (Wildman–Crippen MR) is 52.2 cm³/mol. The molecule has 1 aromatic heterocycles. The molecule has 0 fully saturated rings. The number of nitrogens with two attached hydrogens (primary N) is 1. The third kappa shape index (κ3) is 3.38. The van der Waals surface area contributed by atoms with Crippen molar-refractivity contribution in [2.24, 2.45) is 5.73 Å². The van der Waals surface area contributed by atoms with E-state index in [-0.39, 0.29) is 25.1 Å². The summed E-state index contributed by atoms with van der Waals surface area (Å²) in [5.41, 5.74) is 5.49. The average molecular weight is 236 g/mol. The number of halogens is 2. The smallest absolute Gasteiger partial charge is 0.318 e. The zero-order chi connectivity index (χ0) is 12.1. The second kappa shape index (κ2) is 5.71. The van der Waals surface area contributed by atoms with Crippen LogP contribution < -0.4 is 10.6 Å². The largest absolute Gasteiger partial charge is 0.406 e. The maximum Gasteiger partial charge on any atom is 0.318 e. The Balaban J connectivity index is 2.75. The van der Waals surface area contributed by atoms with Crippen LogP contribution >= 0.6 is 0 Å². The molecule has 1 atom stereocenters. The molecule has 1 aromatic rings. The Morgan fingerprint density at radius 2 is 2.19 bits per heavy atom. The van der Waals surface area contributed by atoms with Gasteiger partial charge in [-0.1, -0.05) is 5.10 Å². The maximum atomic E-state index is 12.2. The molecule has 8 heteroatoms. The summed E-state index contributed by atoms with van der Waals surface area (Å²) < 4.78 is 29.5. The van der Waals surface area contributed by atoms with E-state index in [0.29, 0.717) is 0 Å². The first kappa shape index (κ1) is 12.8. The first-order chi connectivity index (χ1) is 7.54. The summed E-state index contributed by atoms with van der Waals surface area (Å²) in [6, 6.07) is -0.509. The van der Waals surface area contributed by atoms with Gasteiger partial charge in [-0.15, -0.1) is 5.10 Å². The van der Waals surface area contributed by atoms with Gasteiger partial charge in [-0.3, -0.25) is 0 Å². The highest BCUT2D eigenvalue weighted by Gasteiger charge is 2.19. The quantitative estimate of drug-likeness (QED) is 0.731. The zero-order valence-corrected chi connectivity index (χ0v) is 8.81. The highest BCUT2D eigenvalue weighted by Crippen LogP contribution is 2.16. The lowest BCUT2D eigenvalue weighted by atomic mass is 10.4. The minimum atomic E-state index is -2.54. The fourth-order valence-electron chi connectivity index (χ4n) is 1.09. The van der Waals surface area contributed by atoms with E-state index in [1.807, 2.05) is 0 Å². The molecule has 1 rings (SSSR count). The molecule has 0 aliphatic carbocycles. The van der Waals surface area contributed by atoms with E-state index in [0.717, 1.165) is 4.90 Å². The van der Waals surface area contributed by atoms with Crippen LogP contribution in [0.3, 0.4) is 0 Å². The van der Waals surface area contributed by atoms with Crippen LogP contribution in [-0.2, 0) is 0 Å². The number of aliphatic hydroxyl groups is 1. The predicted octanol–water partition coefficient (Wildman–Crippen LogP) is 0.153. The van der Waals surface area contributed by atoms with Crippen LogP contribution in [0.1, 0.15) is 18.9 Å². The van der Waals surface area contributed by atoms with Crippen molar-refractivity contribution in [2.75, 3.05) is 24.6 Å². The number of nitrogens with zero attached hydrogens (tertiary/aromatic N) is 3. The van der Waals surface area contributed by atoms with Crippen LogP contribution in [0.25, 0.3) is 0 Å². The van der Waals surface area contributed by atoms with Crippen LogP contribution in [-0.4, -0.2) is 41.4 Å². The van der Waals surface area contributed by atoms with Crippen molar-refractivity contribution in [2.45, 2.75) is 19.4 Å². The van der Waals surface area contributed by atoms with Crippen LogP contribution in [0, 0.1) is 0 Å². The number of anilines is 1. The van der Waals surface area contributed by atoms with Gasteiger partial charge in [-0.2, -0.15) is 0 Å². The Labute approximate surface area is 91.0 Å². The first-order valence-electron chi connectivity index (χ1n) is 4.77. The van der Waals surface area contributed by atoms with Crippen molar-refractivity contribution >= 4 is 6.01 Å². The summed E-state index contributed by atoms with van der Waals surface area (Å²) in [7, 11) is 0. The standard InChI is InChI=1S/C8H14F2N4O2/c1-5(11)7-12-13-8(16-7)14(2-3-15)4-6(9)10/h5-6,15H,2-4,11H2,1H3. The summed E-state index contributed by atoms with van der Waals surface area (Å²) in [5, 5.41) is 15.9. The van der Waals surface area contributed by atoms with E-state index in [2.05, 4.69) is 10.2 Å². The van der Waals surface area contributed by atoms with Crippen LogP contribution in [0.4, 0.5) is 14.8 Å². The molecule has 6 nitrogen and oxygen atoms in total. The van der Waals surface area contributed by atoms with Gasteiger partial charge in [-0.25, -0.2) is 8.78 Å². The highest BCUT2D eigenvalue weighted by atomic mass is 19.3. The highest BCUT2D eigenvalue weighted by molar-refractivity contribution is 5.24. The molecule has 0 aliphatic heterocycles. The van der Waals surface area contributed by atoms with Crippen molar-refractivity contribution in [1.82, 2.24) is 10.2 Å². The number of rotatable bonds is 6. The van der Waals surface area contributed by atoms with E-state index in [1.165, 1.54) is 0 Å². The number of hydrogen-bond donors (Lipinski definition) is 2. The molecule has 0 aliphatic rings. The van der Waals surface area contributed by atoms with E-state index in [4.69, 9.17) is 15.3 Å². The Hall–Kier alpha value is -1.28. The molecule has 3 N–H and O–H groups in total. The molecule has 0 spiro atoms. The second-order valence-corrected chi connectivity index (χ2v) is 3.27. The number of aromatic nitrogens is 2. The second-order valence-electron chi connectivity index (χ2n) is 3.27. The molecule has 1 heterocycles. The fraction of sp³-hybridized carbons (Fsp3) is 0.750. The van der Waals surface area contributed by atoms with Gasteiger partial charge in [0.1, 0.15) is 0 Å². The molecule has 92 valence electrons. The fourth-order valence-corrected chi connectivity index (χ4v) is 1.09. The third-order valence-electron chi connectivity index (χ3n) is 1.82. The minimum absolute atomic E-state index is 0.00489. The summed E-state index contributed by atoms with van der Waals surface area (Å²) in [5.74, 6) is 0.173. The summed E-state index contributed by atoms with van der Waals surface area (Å²) in [6.07, 6.45) is -2.54. The molecular weight excluding hydrogens is 222 g/mol. The van der Waals surface area contributed by atoms with Gasteiger partial charge < -0.3 is 20.2 Å². The number of aliphatic hydroxyl groups excluding tert-OH is 1. The van der Waals surface area contributed by atoms with Gasteiger partial charge in [0, 0.05) is 6.54 Å². The molecule has 1 unspecified atom stereocenters. The monoisotopic (exact) mass is 236 g/mol. The normalized spacial score (nSPS) is 13.1. The Morgan fingerprint density at radius 1 is 1.50 bits per heavy atom. The molecule has 0 bridgehead atoms. The van der Waals surface area contributed by atoms with Crippen molar-refractivity contribution in [3.63, 3.8) is 0 Å². The van der Waals surface area contributed by atoms with Gasteiger partial charge >= 0.3 is 6.01 Å². The van der Waals surface area contributed by atoms with Gasteiger partial charge in [0.05, 0.1) is 19.2 Å². The van der Waals surface area contributed by atoms with Crippen molar-refractivity contribution < 1.29 is 18.3 Å². The summed E-state index contributed by atoms with van der Waals surface area (Å²) in [6.45, 7) is 0.801. The van der Waals surface area contributed by atoms with Gasteiger partial charge in [0.15, 0.2) is 0 Å². The summed E-state index contributed by atoms with van der Waals surface area (Å²) in [4.78, 5) is 1.11. The van der Waals surface area contributed by atoms with E-state index in [9.17, 15) is 8.78 Å². The van der Waals surface area contributed by atoms with Crippen LogP contribution in [0.5, 0.6) is 0 Å². The van der Waals surface area contributed by atoms with Crippen LogP contribution in [0.2, 0.25) is 0 Å². The van der Waals surface area contributed by atoms with Gasteiger partial charge in [0.2, 0.25) is 5.89 Å². The van der Waals surface area contributed by atoms with E-state index < -0.39 is 19.0 Å². The van der Waals surface area contributed by atoms with E-state index >= 15 is 0 Å². The maximum absolute atomic E-state index is 12.2. The Bertz CT molecular complexity index is 319. The lowest BCUT2D eigenvalue weighted by Gasteiger charge is -2.17. The van der Waals surface area contributed by atoms with E-state index in [1.54, 1.807) is 6.92 Å². The zero-order valence-electron chi connectivity index (χ0n) is 8.81. The molecule has 0 radical (unpaired) electrons. The first-order valence-corrected chi connectivity index (χ1v) is 4.77. The lowest BCUT2D eigenvalue weighted by Crippen LogP contribution is -2.31. The van der Waals surface area contributed by atoms with Crippen molar-refractivity contribution in [1.29, 1.82) is 0 Å². The van der Waals surface area contributed by atoms with Gasteiger partial charge in [-0.05, 0) is 6.92 Å². The lowest BCUT2D eigenvalue weighted by molar-refractivity contribution is 0.150. The topological polar surface area (TPSA) is 88.4 Å². The van der Waals surface area contributed by atoms with Crippen molar-refractivity contribution in [3.05, 3.63) is 5.89 Å². The number of alkyl halides is 2. The van der Waals surface area contributed by atoms with Crippen LogP contribution in [0.15, 0.2) is 4.42 Å². The third-order valence-corrected chi connectivity index (χ3v) is 1.82. The molecule has 0 amide bonds. The molecule has 0 saturated heterocycles. The Kier molecular flexibility index (Phi) is 4.56. The Morgan fingerprint density at radius 3 is 2.62 bits per heavy atom. The summed E-state index contributed by atoms with van der Waals surface area (Å²) >= 11 is 0. The SMILES string of the molecule is CC(N)c1nnc(N(CCO)CC(F)F)o1. The van der Waals surface area contributed by atoms with Crippen molar-refractivity contribution in [3.8, 4) is 0 Å². The molecule has 0 aromatic carbocycles. The van der Waals surface area contributed by atoms with Gasteiger partial charge in [0.25, 0.3) is 6.43 Å². The minimum Gasteiger partial charge on any atom is -0.406 e. The average Bonchev–Trinajstić information content (AvgIpc) is 2.65.